The van der Waals surface area contributed by atoms with Crippen LogP contribution in [-0.4, -0.2) is 41.9 Å². The largest absolute Gasteiger partial charge is 0.338 e. The first-order chi connectivity index (χ1) is 14.5. The third-order valence-electron chi connectivity index (χ3n) is 4.89. The zero-order valence-electron chi connectivity index (χ0n) is 16.7. The number of hydrogen-bond acceptors (Lipinski definition) is 4. The molecule has 2 aromatic rings. The minimum absolute atomic E-state index is 0.434. The van der Waals surface area contributed by atoms with Crippen molar-refractivity contribution >= 4 is 23.9 Å². The lowest BCUT2D eigenvalue weighted by atomic mass is 9.82. The maximum Gasteiger partial charge on any atom is 0.326 e. The second kappa shape index (κ2) is 9.21. The first-order valence-corrected chi connectivity index (χ1v) is 9.82. The van der Waals surface area contributed by atoms with E-state index in [0.717, 1.165) is 17.7 Å². The molecule has 0 aliphatic carbocycles. The number of rotatable bonds is 7. The quantitative estimate of drug-likeness (QED) is 0.482. The molecule has 0 unspecified atom stereocenters. The number of nitrogens with zero attached hydrogens (tertiary/aromatic N) is 1. The van der Waals surface area contributed by atoms with Crippen LogP contribution in [0.25, 0.3) is 0 Å². The zero-order chi connectivity index (χ0) is 21.6. The van der Waals surface area contributed by atoms with E-state index in [-0.39, 0.29) is 0 Å². The topological polar surface area (TPSA) is 108 Å². The number of urea groups is 2. The van der Waals surface area contributed by atoms with Crippen LogP contribution < -0.4 is 16.0 Å². The predicted molar refractivity (Wildman–Crippen MR) is 110 cm³/mol. The molecule has 0 radical (unpaired) electrons. The van der Waals surface area contributed by atoms with E-state index in [2.05, 4.69) is 16.0 Å². The summed E-state index contributed by atoms with van der Waals surface area (Å²) in [4.78, 5) is 51.0. The van der Waals surface area contributed by atoms with Gasteiger partial charge in [-0.15, -0.1) is 0 Å². The number of carbonyl (C=O) groups is 4. The fourth-order valence-electron chi connectivity index (χ4n) is 3.39. The Kier molecular flexibility index (Phi) is 6.46. The average Bonchev–Trinajstić information content (AvgIpc) is 3.01. The van der Waals surface area contributed by atoms with Crippen LogP contribution in [0.15, 0.2) is 60.7 Å². The van der Waals surface area contributed by atoms with E-state index in [1.165, 1.54) is 0 Å². The van der Waals surface area contributed by atoms with Crippen molar-refractivity contribution in [3.63, 3.8) is 0 Å². The van der Waals surface area contributed by atoms with E-state index in [1.54, 1.807) is 48.5 Å². The Morgan fingerprint density at radius 3 is 2.07 bits per heavy atom. The van der Waals surface area contributed by atoms with Crippen LogP contribution >= 0.6 is 0 Å². The van der Waals surface area contributed by atoms with Crippen molar-refractivity contribution < 1.29 is 19.2 Å². The minimum Gasteiger partial charge on any atom is -0.338 e. The fourth-order valence-corrected chi connectivity index (χ4v) is 3.39. The Hall–Kier alpha value is -3.68. The van der Waals surface area contributed by atoms with Crippen molar-refractivity contribution in [3.8, 4) is 0 Å². The van der Waals surface area contributed by atoms with Crippen LogP contribution in [0.4, 0.5) is 9.59 Å². The first-order valence-electron chi connectivity index (χ1n) is 9.82. The summed E-state index contributed by atoms with van der Waals surface area (Å²) in [5.74, 6) is -1.32. The van der Waals surface area contributed by atoms with Gasteiger partial charge in [0, 0.05) is 6.54 Å². The Balaban J connectivity index is 1.82. The molecule has 30 heavy (non-hydrogen) atoms. The lowest BCUT2D eigenvalue weighted by Crippen LogP contribution is -2.48. The highest BCUT2D eigenvalue weighted by Crippen LogP contribution is 2.35. The number of benzene rings is 2. The zero-order valence-corrected chi connectivity index (χ0v) is 16.7. The molecule has 0 atom stereocenters. The Morgan fingerprint density at radius 2 is 1.53 bits per heavy atom. The highest BCUT2D eigenvalue weighted by Gasteiger charge is 2.54. The Labute approximate surface area is 174 Å². The molecule has 3 N–H and O–H groups in total. The SMILES string of the molecule is CCCCNC(=O)NC(=O)CN1C(=O)NC(c2ccccc2)(c2ccccc2)C1=O. The molecule has 1 aliphatic heterocycles. The third kappa shape index (κ3) is 4.17. The van der Waals surface area contributed by atoms with Gasteiger partial charge in [-0.1, -0.05) is 74.0 Å². The number of unbranched alkanes of at least 4 members (excludes halogenated alkanes) is 1. The maximum atomic E-state index is 13.4. The predicted octanol–water partition coefficient (Wildman–Crippen LogP) is 2.11. The van der Waals surface area contributed by atoms with Gasteiger partial charge in [-0.3, -0.25) is 19.8 Å². The fraction of sp³-hybridized carbons (Fsp3) is 0.273. The molecule has 1 heterocycles. The van der Waals surface area contributed by atoms with Crippen LogP contribution in [0.1, 0.15) is 30.9 Å². The molecule has 0 aromatic heterocycles. The van der Waals surface area contributed by atoms with Crippen LogP contribution in [0.5, 0.6) is 0 Å². The minimum atomic E-state index is -1.44. The van der Waals surface area contributed by atoms with Gasteiger partial charge in [-0.25, -0.2) is 9.59 Å². The molecule has 0 spiro atoms. The van der Waals surface area contributed by atoms with Gasteiger partial charge in [0.1, 0.15) is 6.54 Å². The van der Waals surface area contributed by atoms with Gasteiger partial charge in [0.05, 0.1) is 0 Å². The highest BCUT2D eigenvalue weighted by molar-refractivity contribution is 6.12. The van der Waals surface area contributed by atoms with Crippen molar-refractivity contribution in [2.45, 2.75) is 25.3 Å². The van der Waals surface area contributed by atoms with Gasteiger partial charge in [-0.05, 0) is 17.5 Å². The number of imide groups is 2. The second-order valence-electron chi connectivity index (χ2n) is 6.96. The summed E-state index contributed by atoms with van der Waals surface area (Å²) < 4.78 is 0. The highest BCUT2D eigenvalue weighted by atomic mass is 16.2. The van der Waals surface area contributed by atoms with Crippen molar-refractivity contribution in [3.05, 3.63) is 71.8 Å². The van der Waals surface area contributed by atoms with Gasteiger partial charge < -0.3 is 10.6 Å². The van der Waals surface area contributed by atoms with Crippen LogP contribution in [0, 0.1) is 0 Å². The molecule has 6 amide bonds. The van der Waals surface area contributed by atoms with Gasteiger partial charge in [0.15, 0.2) is 5.54 Å². The lowest BCUT2D eigenvalue weighted by Gasteiger charge is -2.27. The van der Waals surface area contributed by atoms with Crippen molar-refractivity contribution in [1.82, 2.24) is 20.9 Å². The summed E-state index contributed by atoms with van der Waals surface area (Å²) in [5.41, 5.74) is -0.284. The van der Waals surface area contributed by atoms with Gasteiger partial charge >= 0.3 is 12.1 Å². The Bertz CT molecular complexity index is 891. The summed E-state index contributed by atoms with van der Waals surface area (Å²) in [6, 6.07) is 16.3. The van der Waals surface area contributed by atoms with E-state index in [9.17, 15) is 19.2 Å². The smallest absolute Gasteiger partial charge is 0.326 e. The molecule has 1 saturated heterocycles. The molecule has 2 aromatic carbocycles. The molecule has 8 nitrogen and oxygen atoms in total. The normalized spacial score (nSPS) is 14.9. The molecular formula is C22H24N4O4. The van der Waals surface area contributed by atoms with Crippen molar-refractivity contribution in [1.29, 1.82) is 0 Å². The van der Waals surface area contributed by atoms with Gasteiger partial charge in [0.2, 0.25) is 5.91 Å². The molecule has 1 aliphatic rings. The summed E-state index contributed by atoms with van der Waals surface area (Å²) in [6.45, 7) is 1.85. The van der Waals surface area contributed by atoms with E-state index >= 15 is 0 Å². The summed E-state index contributed by atoms with van der Waals surface area (Å²) in [6.07, 6.45) is 1.68. The van der Waals surface area contributed by atoms with Crippen LogP contribution in [0.2, 0.25) is 0 Å². The van der Waals surface area contributed by atoms with Gasteiger partial charge in [0.25, 0.3) is 5.91 Å². The number of nitrogens with one attached hydrogen (secondary N) is 3. The number of amides is 6. The molecule has 1 fully saturated rings. The molecule has 156 valence electrons. The summed E-state index contributed by atoms with van der Waals surface area (Å²) in [7, 11) is 0. The van der Waals surface area contributed by atoms with E-state index in [1.807, 2.05) is 19.1 Å². The van der Waals surface area contributed by atoms with Gasteiger partial charge in [-0.2, -0.15) is 0 Å². The lowest BCUT2D eigenvalue weighted by molar-refractivity contribution is -0.134. The second-order valence-corrected chi connectivity index (χ2v) is 6.96. The molecular weight excluding hydrogens is 384 g/mol. The monoisotopic (exact) mass is 408 g/mol. The van der Waals surface area contributed by atoms with Crippen LogP contribution in [-0.2, 0) is 15.1 Å². The Morgan fingerprint density at radius 1 is 0.967 bits per heavy atom. The summed E-state index contributed by atoms with van der Waals surface area (Å²) in [5, 5.41) is 7.46. The molecule has 0 saturated carbocycles. The molecule has 8 heteroatoms. The van der Waals surface area contributed by atoms with E-state index < -0.39 is 36.0 Å². The van der Waals surface area contributed by atoms with E-state index in [0.29, 0.717) is 17.7 Å². The first kappa shape index (κ1) is 21.0. The summed E-state index contributed by atoms with van der Waals surface area (Å²) >= 11 is 0. The molecule has 0 bridgehead atoms. The van der Waals surface area contributed by atoms with E-state index in [4.69, 9.17) is 0 Å². The molecule has 3 rings (SSSR count). The standard InChI is InChI=1S/C22H24N4O4/c1-2-3-14-23-20(29)24-18(27)15-26-19(28)22(25-21(26)30,16-10-6-4-7-11-16)17-12-8-5-9-13-17/h4-13H,2-3,14-15H2,1H3,(H,25,30)(H2,23,24,27,29). The average molecular weight is 408 g/mol. The number of carbonyl (C=O) groups excluding carboxylic acids is 4. The van der Waals surface area contributed by atoms with Crippen LogP contribution in [0.3, 0.4) is 0 Å². The number of hydrogen-bond donors (Lipinski definition) is 3. The maximum absolute atomic E-state index is 13.4. The third-order valence-corrected chi connectivity index (χ3v) is 4.89. The van der Waals surface area contributed by atoms with Crippen molar-refractivity contribution in [2.75, 3.05) is 13.1 Å². The van der Waals surface area contributed by atoms with Crippen molar-refractivity contribution in [2.24, 2.45) is 0 Å².